The Bertz CT molecular complexity index is 101. The van der Waals surface area contributed by atoms with E-state index in [-0.39, 0.29) is 0 Å². The minimum atomic E-state index is 1.18. The fraction of sp³-hybridized carbons (Fsp3) is 1.00. The predicted octanol–water partition coefficient (Wildman–Crippen LogP) is 0.612. The van der Waals surface area contributed by atoms with Gasteiger partial charge in [0.15, 0.2) is 0 Å². The average Bonchev–Trinajstić information content (AvgIpc) is 2.60. The molecular formula is C8H16N3. The lowest BCUT2D eigenvalue weighted by molar-refractivity contribution is 0.0514. The molecular weight excluding hydrogens is 138 g/mol. The molecule has 3 nitrogen and oxygen atoms in total. The van der Waals surface area contributed by atoms with E-state index in [9.17, 15) is 0 Å². The average molecular weight is 154 g/mol. The van der Waals surface area contributed by atoms with Crippen molar-refractivity contribution in [2.45, 2.75) is 25.7 Å². The van der Waals surface area contributed by atoms with Crippen molar-refractivity contribution in [3.8, 4) is 0 Å². The molecule has 3 heteroatoms. The zero-order valence-corrected chi connectivity index (χ0v) is 7.00. The van der Waals surface area contributed by atoms with E-state index < -0.39 is 0 Å². The van der Waals surface area contributed by atoms with Gasteiger partial charge in [-0.15, -0.1) is 0 Å². The van der Waals surface area contributed by atoms with Crippen molar-refractivity contribution in [3.05, 3.63) is 0 Å². The van der Waals surface area contributed by atoms with Crippen LogP contribution in [-0.4, -0.2) is 36.2 Å². The van der Waals surface area contributed by atoms with Gasteiger partial charge in [0, 0.05) is 26.2 Å². The zero-order valence-electron chi connectivity index (χ0n) is 7.00. The van der Waals surface area contributed by atoms with Gasteiger partial charge in [0.05, 0.1) is 0 Å². The molecule has 0 unspecified atom stereocenters. The molecule has 2 saturated heterocycles. The van der Waals surface area contributed by atoms with Crippen molar-refractivity contribution in [1.29, 1.82) is 0 Å². The van der Waals surface area contributed by atoms with E-state index in [0.29, 0.717) is 0 Å². The molecule has 0 atom stereocenters. The zero-order chi connectivity index (χ0) is 7.52. The first-order valence-electron chi connectivity index (χ1n) is 4.66. The van der Waals surface area contributed by atoms with Gasteiger partial charge in [-0.05, 0) is 25.7 Å². The van der Waals surface area contributed by atoms with Crippen LogP contribution in [0.15, 0.2) is 0 Å². The lowest BCUT2D eigenvalue weighted by Crippen LogP contribution is -2.40. The van der Waals surface area contributed by atoms with Crippen LogP contribution in [0.2, 0.25) is 0 Å². The highest BCUT2D eigenvalue weighted by atomic mass is 15.8. The van der Waals surface area contributed by atoms with E-state index in [1.807, 2.05) is 0 Å². The summed E-state index contributed by atoms with van der Waals surface area (Å²) >= 11 is 0. The largest absolute Gasteiger partial charge is 0.211 e. The van der Waals surface area contributed by atoms with Crippen molar-refractivity contribution in [2.24, 2.45) is 0 Å². The highest BCUT2D eigenvalue weighted by Gasteiger charge is 2.18. The van der Waals surface area contributed by atoms with Crippen molar-refractivity contribution in [3.63, 3.8) is 0 Å². The first kappa shape index (κ1) is 7.53. The Labute approximate surface area is 68.3 Å². The van der Waals surface area contributed by atoms with Crippen LogP contribution < -0.4 is 5.53 Å². The third kappa shape index (κ3) is 1.92. The first-order valence-corrected chi connectivity index (χ1v) is 4.66. The van der Waals surface area contributed by atoms with Crippen molar-refractivity contribution in [2.75, 3.05) is 26.2 Å². The molecule has 2 rings (SSSR count). The Balaban J connectivity index is 1.71. The third-order valence-corrected chi connectivity index (χ3v) is 2.42. The predicted molar refractivity (Wildman–Crippen MR) is 43.7 cm³/mol. The monoisotopic (exact) mass is 154 g/mol. The maximum atomic E-state index is 4.54. The normalized spacial score (nSPS) is 28.4. The van der Waals surface area contributed by atoms with Crippen LogP contribution in [0.3, 0.4) is 0 Å². The summed E-state index contributed by atoms with van der Waals surface area (Å²) in [4.78, 5) is 0. The second-order valence-electron chi connectivity index (χ2n) is 3.41. The Morgan fingerprint density at radius 1 is 0.636 bits per heavy atom. The van der Waals surface area contributed by atoms with E-state index in [1.54, 1.807) is 0 Å². The summed E-state index contributed by atoms with van der Waals surface area (Å²) in [6, 6.07) is 0. The molecule has 0 aromatic rings. The summed E-state index contributed by atoms with van der Waals surface area (Å²) in [6.45, 7) is 4.71. The number of rotatable bonds is 2. The summed E-state index contributed by atoms with van der Waals surface area (Å²) in [5.41, 5.74) is 4.54. The summed E-state index contributed by atoms with van der Waals surface area (Å²) in [7, 11) is 0. The van der Waals surface area contributed by atoms with Crippen LogP contribution >= 0.6 is 0 Å². The molecule has 1 radical (unpaired) electrons. The van der Waals surface area contributed by atoms with Crippen molar-refractivity contribution in [1.82, 2.24) is 15.6 Å². The molecule has 0 N–H and O–H groups in total. The van der Waals surface area contributed by atoms with Crippen LogP contribution in [-0.2, 0) is 0 Å². The van der Waals surface area contributed by atoms with Crippen molar-refractivity contribution < 1.29 is 0 Å². The molecule has 0 amide bonds. The summed E-state index contributed by atoms with van der Waals surface area (Å²) in [5, 5.41) is 4.43. The second-order valence-corrected chi connectivity index (χ2v) is 3.41. The molecule has 2 aliphatic heterocycles. The van der Waals surface area contributed by atoms with Crippen molar-refractivity contribution >= 4 is 0 Å². The van der Waals surface area contributed by atoms with E-state index in [0.717, 1.165) is 0 Å². The van der Waals surface area contributed by atoms with Crippen LogP contribution in [0.5, 0.6) is 0 Å². The van der Waals surface area contributed by atoms with Gasteiger partial charge in [-0.1, -0.05) is 5.53 Å². The first-order chi connectivity index (χ1) is 5.45. The summed E-state index contributed by atoms with van der Waals surface area (Å²) in [6.07, 6.45) is 5.32. The quantitative estimate of drug-likeness (QED) is 0.581. The molecule has 2 fully saturated rings. The number of hydrogen-bond donors (Lipinski definition) is 0. The summed E-state index contributed by atoms with van der Waals surface area (Å²) < 4.78 is 0. The van der Waals surface area contributed by atoms with E-state index in [4.69, 9.17) is 0 Å². The maximum Gasteiger partial charge on any atom is 0.0162 e. The molecule has 0 aromatic carbocycles. The van der Waals surface area contributed by atoms with E-state index in [1.165, 1.54) is 51.9 Å². The van der Waals surface area contributed by atoms with Gasteiger partial charge < -0.3 is 0 Å². The summed E-state index contributed by atoms with van der Waals surface area (Å²) in [5.74, 6) is 0. The third-order valence-electron chi connectivity index (χ3n) is 2.42. The molecule has 11 heavy (non-hydrogen) atoms. The van der Waals surface area contributed by atoms with Crippen LogP contribution in [0.1, 0.15) is 25.7 Å². The molecule has 2 heterocycles. The number of hydrogen-bond acceptors (Lipinski definition) is 2. The minimum absolute atomic E-state index is 1.18. The Hall–Kier alpha value is -0.120. The van der Waals surface area contributed by atoms with Gasteiger partial charge in [-0.25, -0.2) is 10.0 Å². The van der Waals surface area contributed by atoms with Gasteiger partial charge in [-0.2, -0.15) is 0 Å². The Kier molecular flexibility index (Phi) is 2.41. The molecule has 0 spiro atoms. The molecule has 0 aromatic heterocycles. The van der Waals surface area contributed by atoms with E-state index in [2.05, 4.69) is 15.6 Å². The lowest BCUT2D eigenvalue weighted by Gasteiger charge is -2.20. The van der Waals surface area contributed by atoms with Crippen LogP contribution in [0.25, 0.3) is 0 Å². The van der Waals surface area contributed by atoms with Gasteiger partial charge >= 0.3 is 0 Å². The highest BCUT2D eigenvalue weighted by molar-refractivity contribution is 4.64. The fourth-order valence-corrected chi connectivity index (χ4v) is 1.76. The Morgan fingerprint density at radius 3 is 1.36 bits per heavy atom. The van der Waals surface area contributed by atoms with Gasteiger partial charge in [0.25, 0.3) is 0 Å². The fourth-order valence-electron chi connectivity index (χ4n) is 1.76. The van der Waals surface area contributed by atoms with Gasteiger partial charge in [0.1, 0.15) is 0 Å². The second kappa shape index (κ2) is 3.52. The Morgan fingerprint density at radius 2 is 1.00 bits per heavy atom. The van der Waals surface area contributed by atoms with Crippen LogP contribution in [0.4, 0.5) is 0 Å². The van der Waals surface area contributed by atoms with Gasteiger partial charge in [-0.3, -0.25) is 0 Å². The standard InChI is InChI=1S/C8H16N3/c1-2-6-10(5-1)9-11-7-3-4-8-11/h1-8H2. The lowest BCUT2D eigenvalue weighted by atomic mass is 10.4. The maximum absolute atomic E-state index is 4.54. The molecule has 63 valence electrons. The molecule has 0 bridgehead atoms. The van der Waals surface area contributed by atoms with Gasteiger partial charge in [0.2, 0.25) is 0 Å². The topological polar surface area (TPSA) is 20.6 Å². The highest BCUT2D eigenvalue weighted by Crippen LogP contribution is 2.09. The number of nitrogens with zero attached hydrogens (tertiary/aromatic N) is 3. The minimum Gasteiger partial charge on any atom is -0.211 e. The SMILES string of the molecule is C1CCN([N]N2CCCC2)C1. The molecule has 0 aliphatic carbocycles. The van der Waals surface area contributed by atoms with E-state index >= 15 is 0 Å². The molecule has 0 saturated carbocycles. The van der Waals surface area contributed by atoms with Crippen LogP contribution in [0, 0.1) is 0 Å². The smallest absolute Gasteiger partial charge is 0.0162 e. The molecule has 2 aliphatic rings.